The smallest absolute Gasteiger partial charge is 0.323 e. The Morgan fingerprint density at radius 1 is 1.50 bits per heavy atom. The first-order chi connectivity index (χ1) is 9.53. The number of nitrogens with two attached hydrogens (primary N) is 1. The molecule has 0 aromatic heterocycles. The van der Waals surface area contributed by atoms with Gasteiger partial charge in [-0.25, -0.2) is 0 Å². The first-order valence-corrected chi connectivity index (χ1v) is 7.78. The fourth-order valence-electron chi connectivity index (χ4n) is 2.94. The van der Waals surface area contributed by atoms with E-state index in [1.54, 1.807) is 7.11 Å². The largest absolute Gasteiger partial charge is 0.480 e. The molecule has 1 heterocycles. The van der Waals surface area contributed by atoms with Crippen LogP contribution in [0, 0.1) is 0 Å². The van der Waals surface area contributed by atoms with E-state index >= 15 is 0 Å². The molecule has 0 radical (unpaired) electrons. The van der Waals surface area contributed by atoms with Gasteiger partial charge in [0.1, 0.15) is 13.4 Å². The number of aliphatic carboxylic acids is 1. The van der Waals surface area contributed by atoms with E-state index in [1.807, 2.05) is 0 Å². The summed E-state index contributed by atoms with van der Waals surface area (Å²) in [5, 5.41) is 9.41. The zero-order chi connectivity index (χ0) is 15.0. The van der Waals surface area contributed by atoms with Gasteiger partial charge in [0, 0.05) is 19.7 Å². The number of ether oxygens (including phenoxy) is 1. The predicted octanol–water partition coefficient (Wildman–Crippen LogP) is 0.491. The lowest BCUT2D eigenvalue weighted by atomic mass is 9.88. The Morgan fingerprint density at radius 3 is 2.85 bits per heavy atom. The van der Waals surface area contributed by atoms with Gasteiger partial charge in [0.25, 0.3) is 0 Å². The van der Waals surface area contributed by atoms with Crippen LogP contribution >= 0.6 is 0 Å². The van der Waals surface area contributed by atoms with Crippen molar-refractivity contribution in [2.45, 2.75) is 56.4 Å². The molecule has 116 valence electrons. The summed E-state index contributed by atoms with van der Waals surface area (Å²) in [5.41, 5.74) is 5.05. The maximum atomic E-state index is 11.5. The van der Waals surface area contributed by atoms with Gasteiger partial charge in [-0.15, -0.1) is 0 Å². The van der Waals surface area contributed by atoms with Crippen LogP contribution < -0.4 is 5.73 Å². The number of unbranched alkanes of at least 4 members (excludes halogenated alkanes) is 1. The van der Waals surface area contributed by atoms with Crippen LogP contribution in [-0.2, 0) is 9.53 Å². The summed E-state index contributed by atoms with van der Waals surface area (Å²) in [4.78, 5) is 13.8. The number of carbonyl (C=O) groups is 1. The van der Waals surface area contributed by atoms with E-state index in [1.165, 1.54) is 0 Å². The minimum atomic E-state index is -1.07. The third kappa shape index (κ3) is 5.07. The lowest BCUT2D eigenvalue weighted by molar-refractivity contribution is -0.144. The Kier molecular flexibility index (Phi) is 7.55. The molecular formula is C14H29BN2O3. The molecule has 2 atom stereocenters. The zero-order valence-corrected chi connectivity index (χ0v) is 12.9. The molecule has 0 aromatic carbocycles. The molecule has 20 heavy (non-hydrogen) atoms. The van der Waals surface area contributed by atoms with Gasteiger partial charge in [-0.05, 0) is 32.2 Å². The van der Waals surface area contributed by atoms with Gasteiger partial charge in [0.15, 0.2) is 0 Å². The zero-order valence-electron chi connectivity index (χ0n) is 12.9. The van der Waals surface area contributed by atoms with E-state index in [-0.39, 0.29) is 0 Å². The van der Waals surface area contributed by atoms with Gasteiger partial charge < -0.3 is 15.6 Å². The SMILES string of the molecule is BCCCC[C@@](N)(CCN1CCC[C@H]1COC)C(=O)O. The normalized spacial score (nSPS) is 22.8. The maximum absolute atomic E-state index is 11.5. The molecule has 0 bridgehead atoms. The highest BCUT2D eigenvalue weighted by Gasteiger charge is 2.35. The number of hydrogen-bond acceptors (Lipinski definition) is 4. The summed E-state index contributed by atoms with van der Waals surface area (Å²) >= 11 is 0. The second-order valence-electron chi connectivity index (χ2n) is 5.96. The second kappa shape index (κ2) is 8.65. The fraction of sp³-hybridized carbons (Fsp3) is 0.929. The number of rotatable bonds is 10. The van der Waals surface area contributed by atoms with E-state index in [2.05, 4.69) is 12.7 Å². The van der Waals surface area contributed by atoms with Crippen molar-refractivity contribution < 1.29 is 14.6 Å². The van der Waals surface area contributed by atoms with Crippen LogP contribution in [-0.4, -0.2) is 62.2 Å². The summed E-state index contributed by atoms with van der Waals surface area (Å²) in [5.74, 6) is -0.865. The van der Waals surface area contributed by atoms with E-state index < -0.39 is 11.5 Å². The third-order valence-corrected chi connectivity index (χ3v) is 4.36. The molecule has 6 heteroatoms. The van der Waals surface area contributed by atoms with Gasteiger partial charge in [0.2, 0.25) is 0 Å². The molecule has 1 saturated heterocycles. The molecule has 1 rings (SSSR count). The lowest BCUT2D eigenvalue weighted by Crippen LogP contribution is -2.50. The van der Waals surface area contributed by atoms with Crippen molar-refractivity contribution in [2.24, 2.45) is 5.73 Å². The molecule has 0 saturated carbocycles. The van der Waals surface area contributed by atoms with Gasteiger partial charge in [-0.2, -0.15) is 0 Å². The van der Waals surface area contributed by atoms with Crippen molar-refractivity contribution in [3.63, 3.8) is 0 Å². The molecule has 1 fully saturated rings. The molecule has 1 aliphatic heterocycles. The minimum absolute atomic E-state index is 0.425. The average molecular weight is 284 g/mol. The van der Waals surface area contributed by atoms with Crippen LogP contribution in [0.3, 0.4) is 0 Å². The quantitative estimate of drug-likeness (QED) is 0.451. The van der Waals surface area contributed by atoms with Crippen LogP contribution in [0.25, 0.3) is 0 Å². The van der Waals surface area contributed by atoms with Crippen LogP contribution in [0.15, 0.2) is 0 Å². The number of carboxylic acid groups (broad SMARTS) is 1. The summed E-state index contributed by atoms with van der Waals surface area (Å²) in [6, 6.07) is 0.425. The first-order valence-electron chi connectivity index (χ1n) is 7.78. The fourth-order valence-corrected chi connectivity index (χ4v) is 2.94. The Hall–Kier alpha value is -0.585. The van der Waals surface area contributed by atoms with Crippen molar-refractivity contribution in [1.82, 2.24) is 4.90 Å². The molecule has 0 aliphatic carbocycles. The summed E-state index contributed by atoms with van der Waals surface area (Å²) in [6.45, 7) is 2.50. The van der Waals surface area contributed by atoms with Gasteiger partial charge in [0.05, 0.1) is 6.61 Å². The molecule has 3 N–H and O–H groups in total. The Balaban J connectivity index is 2.47. The summed E-state index contributed by atoms with van der Waals surface area (Å²) in [7, 11) is 3.82. The van der Waals surface area contributed by atoms with Crippen LogP contribution in [0.4, 0.5) is 0 Å². The van der Waals surface area contributed by atoms with Crippen molar-refractivity contribution >= 4 is 13.8 Å². The van der Waals surface area contributed by atoms with E-state index in [0.717, 1.165) is 51.7 Å². The number of carboxylic acids is 1. The van der Waals surface area contributed by atoms with Gasteiger partial charge in [-0.1, -0.05) is 19.2 Å². The average Bonchev–Trinajstić information content (AvgIpc) is 2.84. The van der Waals surface area contributed by atoms with E-state index in [0.29, 0.717) is 18.9 Å². The second-order valence-corrected chi connectivity index (χ2v) is 5.96. The predicted molar refractivity (Wildman–Crippen MR) is 82.8 cm³/mol. The first kappa shape index (κ1) is 17.5. The molecule has 0 amide bonds. The van der Waals surface area contributed by atoms with E-state index in [9.17, 15) is 9.90 Å². The van der Waals surface area contributed by atoms with Crippen LogP contribution in [0.2, 0.25) is 6.32 Å². The van der Waals surface area contributed by atoms with Crippen molar-refractivity contribution in [3.8, 4) is 0 Å². The van der Waals surface area contributed by atoms with Gasteiger partial charge >= 0.3 is 5.97 Å². The maximum Gasteiger partial charge on any atom is 0.323 e. The molecule has 0 aromatic rings. The van der Waals surface area contributed by atoms with Crippen LogP contribution in [0.5, 0.6) is 0 Å². The van der Waals surface area contributed by atoms with Crippen molar-refractivity contribution in [2.75, 3.05) is 26.8 Å². The highest BCUT2D eigenvalue weighted by molar-refractivity contribution is 6.08. The topological polar surface area (TPSA) is 75.8 Å². The Morgan fingerprint density at radius 2 is 2.25 bits per heavy atom. The van der Waals surface area contributed by atoms with Crippen LogP contribution in [0.1, 0.15) is 38.5 Å². The Bertz CT molecular complexity index is 304. The van der Waals surface area contributed by atoms with Crippen molar-refractivity contribution in [1.29, 1.82) is 0 Å². The number of hydrogen-bond donors (Lipinski definition) is 2. The highest BCUT2D eigenvalue weighted by atomic mass is 16.5. The lowest BCUT2D eigenvalue weighted by Gasteiger charge is -2.30. The number of nitrogens with zero attached hydrogens (tertiary/aromatic N) is 1. The summed E-state index contributed by atoms with van der Waals surface area (Å²) < 4.78 is 5.23. The Labute approximate surface area is 123 Å². The number of methoxy groups -OCH3 is 1. The highest BCUT2D eigenvalue weighted by Crippen LogP contribution is 2.22. The molecular weight excluding hydrogens is 255 g/mol. The minimum Gasteiger partial charge on any atom is -0.480 e. The van der Waals surface area contributed by atoms with E-state index in [4.69, 9.17) is 10.5 Å². The monoisotopic (exact) mass is 284 g/mol. The van der Waals surface area contributed by atoms with Gasteiger partial charge in [-0.3, -0.25) is 9.69 Å². The third-order valence-electron chi connectivity index (χ3n) is 4.36. The molecule has 1 aliphatic rings. The van der Waals surface area contributed by atoms with Crippen molar-refractivity contribution in [3.05, 3.63) is 0 Å². The standard InChI is InChI=1S/C14H29BN2O3/c1-20-11-12-5-4-9-17(12)10-7-14(16,13(18)19)6-2-3-8-15/h12H,2-11,15-16H2,1H3,(H,18,19)/t12-,14+/m0/s1. The molecule has 5 nitrogen and oxygen atoms in total. The molecule has 0 unspecified atom stereocenters. The number of likely N-dealkylation sites (tertiary alicyclic amines) is 1. The summed E-state index contributed by atoms with van der Waals surface area (Å²) in [6.07, 6.45) is 6.40. The molecule has 0 spiro atoms.